The van der Waals surface area contributed by atoms with E-state index >= 15 is 0 Å². The predicted octanol–water partition coefficient (Wildman–Crippen LogP) is 2.27. The van der Waals surface area contributed by atoms with E-state index in [-0.39, 0.29) is 0 Å². The van der Waals surface area contributed by atoms with Crippen molar-refractivity contribution in [2.45, 2.75) is 20.3 Å². The van der Waals surface area contributed by atoms with Crippen LogP contribution < -0.4 is 0 Å². The Hall–Kier alpha value is 0.290. The Balaban J connectivity index is 3.36. The van der Waals surface area contributed by atoms with Gasteiger partial charge in [0.25, 0.3) is 0 Å². The molecule has 0 rings (SSSR count). The summed E-state index contributed by atoms with van der Waals surface area (Å²) in [6.45, 7) is 3.80. The van der Waals surface area contributed by atoms with Crippen LogP contribution in [0.2, 0.25) is 0 Å². The molecule has 0 N–H and O–H groups in total. The highest BCUT2D eigenvalue weighted by molar-refractivity contribution is 6.18. The third kappa shape index (κ3) is 2.52. The van der Waals surface area contributed by atoms with Gasteiger partial charge in [0.15, 0.2) is 0 Å². The van der Waals surface area contributed by atoms with Crippen LogP contribution in [0.15, 0.2) is 0 Å². The SMILES string of the molecule is [2H][C@](C)(CC)CCl. The standard InChI is InChI=1S/C5H11Cl/c1-3-5(2)4-6/h5H,3-4H2,1-2H3/t5-/m0/s1/i5D. The highest BCUT2D eigenvalue weighted by atomic mass is 35.5. The van der Waals surface area contributed by atoms with E-state index in [9.17, 15) is 0 Å². The average molecular weight is 108 g/mol. The summed E-state index contributed by atoms with van der Waals surface area (Å²) in [6, 6.07) is 0. The zero-order valence-corrected chi connectivity index (χ0v) is 5.05. The van der Waals surface area contributed by atoms with E-state index in [2.05, 4.69) is 0 Å². The van der Waals surface area contributed by atoms with Gasteiger partial charge in [-0.15, -0.1) is 11.6 Å². The summed E-state index contributed by atoms with van der Waals surface area (Å²) >= 11 is 5.41. The molecule has 0 heterocycles. The molecule has 0 aromatic rings. The van der Waals surface area contributed by atoms with Crippen LogP contribution >= 0.6 is 11.6 Å². The van der Waals surface area contributed by atoms with E-state index in [1.165, 1.54) is 0 Å². The zero-order chi connectivity index (χ0) is 5.91. The molecule has 0 unspecified atom stereocenters. The van der Waals surface area contributed by atoms with Gasteiger partial charge < -0.3 is 0 Å². The van der Waals surface area contributed by atoms with Gasteiger partial charge in [-0.05, 0) is 5.89 Å². The minimum absolute atomic E-state index is 0.401. The van der Waals surface area contributed by atoms with E-state index < -0.39 is 5.89 Å². The molecule has 0 aliphatic carbocycles. The molecule has 0 nitrogen and oxygen atoms in total. The van der Waals surface area contributed by atoms with Crippen molar-refractivity contribution in [3.05, 3.63) is 0 Å². The van der Waals surface area contributed by atoms with Crippen LogP contribution in [-0.2, 0) is 0 Å². The summed E-state index contributed by atoms with van der Waals surface area (Å²) in [6.07, 6.45) is 0.830. The van der Waals surface area contributed by atoms with Gasteiger partial charge in [0, 0.05) is 7.25 Å². The lowest BCUT2D eigenvalue weighted by Gasteiger charge is -1.97. The van der Waals surface area contributed by atoms with Crippen molar-refractivity contribution in [1.82, 2.24) is 0 Å². The Labute approximate surface area is 45.9 Å². The third-order valence-electron chi connectivity index (χ3n) is 0.832. The highest BCUT2D eigenvalue weighted by Gasteiger charge is 1.90. The Bertz CT molecular complexity index is 46.0. The van der Waals surface area contributed by atoms with Gasteiger partial charge in [0.2, 0.25) is 0 Å². The second kappa shape index (κ2) is 3.48. The van der Waals surface area contributed by atoms with Gasteiger partial charge in [-0.25, -0.2) is 0 Å². The fourth-order valence-electron chi connectivity index (χ4n) is 0.0945. The Morgan fingerprint density at radius 3 is 2.50 bits per heavy atom. The topological polar surface area (TPSA) is 0 Å². The van der Waals surface area contributed by atoms with E-state index in [1.807, 2.05) is 13.8 Å². The van der Waals surface area contributed by atoms with E-state index in [4.69, 9.17) is 13.0 Å². The molecular formula is C5H11Cl. The first-order valence-corrected chi connectivity index (χ1v) is 2.72. The summed E-state index contributed by atoms with van der Waals surface area (Å²) in [4.78, 5) is 0. The molecule has 0 aliphatic rings. The Kier molecular flexibility index (Phi) is 2.58. The number of hydrogen-bond acceptors (Lipinski definition) is 0. The normalized spacial score (nSPS) is 22.2. The molecule has 38 valence electrons. The maximum Gasteiger partial charge on any atom is 0.0312 e. The first-order chi connectivity index (χ1) is 3.12. The molecule has 0 amide bonds. The molecule has 0 radical (unpaired) electrons. The van der Waals surface area contributed by atoms with E-state index in [0.717, 1.165) is 6.42 Å². The second-order valence-corrected chi connectivity index (χ2v) is 1.71. The molecule has 0 aromatic carbocycles. The second-order valence-electron chi connectivity index (χ2n) is 1.44. The van der Waals surface area contributed by atoms with Gasteiger partial charge >= 0.3 is 0 Å². The van der Waals surface area contributed by atoms with Crippen molar-refractivity contribution in [3.8, 4) is 0 Å². The summed E-state index contributed by atoms with van der Waals surface area (Å²) in [5.41, 5.74) is 0. The third-order valence-corrected chi connectivity index (χ3v) is 1.29. The van der Waals surface area contributed by atoms with Gasteiger partial charge in [-0.3, -0.25) is 0 Å². The smallest absolute Gasteiger partial charge is 0.0312 e. The number of rotatable bonds is 2. The zero-order valence-electron chi connectivity index (χ0n) is 5.29. The maximum atomic E-state index is 7.29. The van der Waals surface area contributed by atoms with Crippen molar-refractivity contribution in [2.75, 3.05) is 5.88 Å². The number of halogens is 1. The lowest BCUT2D eigenvalue weighted by atomic mass is 10.2. The van der Waals surface area contributed by atoms with Crippen LogP contribution in [0.25, 0.3) is 0 Å². The van der Waals surface area contributed by atoms with Gasteiger partial charge in [-0.2, -0.15) is 0 Å². The van der Waals surface area contributed by atoms with Crippen molar-refractivity contribution >= 4 is 11.6 Å². The summed E-state index contributed by atoms with van der Waals surface area (Å²) in [7, 11) is 0. The molecule has 1 atom stereocenters. The summed E-state index contributed by atoms with van der Waals surface area (Å²) in [5.74, 6) is 0.0328. The minimum Gasteiger partial charge on any atom is -0.126 e. The summed E-state index contributed by atoms with van der Waals surface area (Å²) < 4.78 is 7.29. The molecular weight excluding hydrogens is 95.5 g/mol. The van der Waals surface area contributed by atoms with Gasteiger partial charge in [0.1, 0.15) is 0 Å². The predicted molar refractivity (Wildman–Crippen MR) is 30.2 cm³/mol. The van der Waals surface area contributed by atoms with Crippen LogP contribution in [0.5, 0.6) is 0 Å². The van der Waals surface area contributed by atoms with Crippen molar-refractivity contribution in [3.63, 3.8) is 0 Å². The van der Waals surface area contributed by atoms with E-state index in [1.54, 1.807) is 0 Å². The molecule has 0 aromatic heterocycles. The van der Waals surface area contributed by atoms with Crippen LogP contribution in [0.4, 0.5) is 0 Å². The molecule has 0 saturated carbocycles. The maximum absolute atomic E-state index is 7.29. The Morgan fingerprint density at radius 2 is 2.50 bits per heavy atom. The average Bonchev–Trinajstić information content (AvgIpc) is 1.68. The Morgan fingerprint density at radius 1 is 2.00 bits per heavy atom. The van der Waals surface area contributed by atoms with Gasteiger partial charge in [0.05, 0.1) is 0 Å². The van der Waals surface area contributed by atoms with Crippen LogP contribution in [0.3, 0.4) is 0 Å². The van der Waals surface area contributed by atoms with Crippen molar-refractivity contribution < 1.29 is 1.37 Å². The monoisotopic (exact) mass is 107 g/mol. The number of hydrogen-bond donors (Lipinski definition) is 0. The molecule has 0 spiro atoms. The fourth-order valence-corrected chi connectivity index (χ4v) is 0.283. The van der Waals surface area contributed by atoms with E-state index in [0.29, 0.717) is 5.88 Å². The molecule has 6 heavy (non-hydrogen) atoms. The van der Waals surface area contributed by atoms with Crippen molar-refractivity contribution in [1.29, 1.82) is 0 Å². The van der Waals surface area contributed by atoms with Crippen LogP contribution in [-0.4, -0.2) is 5.88 Å². The molecule has 0 bridgehead atoms. The lowest BCUT2D eigenvalue weighted by Crippen LogP contribution is -1.90. The first-order valence-electron chi connectivity index (χ1n) is 2.68. The molecule has 0 saturated heterocycles. The summed E-state index contributed by atoms with van der Waals surface area (Å²) in [5, 5.41) is 0. The largest absolute Gasteiger partial charge is 0.126 e. The van der Waals surface area contributed by atoms with Gasteiger partial charge in [-0.1, -0.05) is 20.3 Å². The quantitative estimate of drug-likeness (QED) is 0.475. The fraction of sp³-hybridized carbons (Fsp3) is 1.00. The minimum atomic E-state index is -0.401. The lowest BCUT2D eigenvalue weighted by molar-refractivity contribution is 0.633. The molecule has 1 heteroatoms. The number of alkyl halides is 1. The van der Waals surface area contributed by atoms with Crippen LogP contribution in [0.1, 0.15) is 21.6 Å². The first kappa shape index (κ1) is 4.45. The highest BCUT2D eigenvalue weighted by Crippen LogP contribution is 2.00. The van der Waals surface area contributed by atoms with Crippen molar-refractivity contribution in [2.24, 2.45) is 5.89 Å². The molecule has 0 aliphatic heterocycles. The van der Waals surface area contributed by atoms with Crippen LogP contribution in [0, 0.1) is 5.89 Å². The molecule has 0 fully saturated rings.